The molecule has 0 unspecified atom stereocenters. The molecule has 0 saturated carbocycles. The molecule has 3 aromatic heterocycles. The predicted octanol–water partition coefficient (Wildman–Crippen LogP) is 2.54. The van der Waals surface area contributed by atoms with Crippen molar-refractivity contribution in [3.63, 3.8) is 0 Å². The Bertz CT molecular complexity index is 1350. The second kappa shape index (κ2) is 7.71. The van der Waals surface area contributed by atoms with Crippen molar-refractivity contribution in [2.45, 2.75) is 27.3 Å². The highest BCUT2D eigenvalue weighted by Crippen LogP contribution is 2.30. The number of thiophene rings is 1. The topological polar surface area (TPSA) is 108 Å². The van der Waals surface area contributed by atoms with Crippen molar-refractivity contribution in [2.24, 2.45) is 0 Å². The molecule has 30 heavy (non-hydrogen) atoms. The SMILES string of the molecule is CCOC(=O)c1ccccc1NC(=O)Cn1nc2c3c(C)c(C)sc3ncn2c1=O. The van der Waals surface area contributed by atoms with Gasteiger partial charge in [0.1, 0.15) is 17.7 Å². The molecule has 0 aliphatic rings. The van der Waals surface area contributed by atoms with Gasteiger partial charge < -0.3 is 10.1 Å². The average Bonchev–Trinajstić information content (AvgIpc) is 3.18. The molecule has 0 spiro atoms. The van der Waals surface area contributed by atoms with Gasteiger partial charge in [-0.05, 0) is 38.5 Å². The Morgan fingerprint density at radius 2 is 2.00 bits per heavy atom. The Hall–Kier alpha value is -3.53. The standard InChI is InChI=1S/C20H19N5O4S/c1-4-29-19(27)13-7-5-6-8-14(13)22-15(26)9-25-20(28)24-10-21-18-16(17(24)23-25)11(2)12(3)30-18/h5-8,10H,4,9H2,1-3H3,(H,22,26). The summed E-state index contributed by atoms with van der Waals surface area (Å²) < 4.78 is 7.44. The summed E-state index contributed by atoms with van der Waals surface area (Å²) in [5, 5.41) is 7.83. The van der Waals surface area contributed by atoms with Crippen LogP contribution in [0.25, 0.3) is 15.9 Å². The number of esters is 1. The first-order chi connectivity index (χ1) is 14.4. The molecule has 4 aromatic rings. The molecule has 9 nitrogen and oxygen atoms in total. The Kier molecular flexibility index (Phi) is 5.08. The normalized spacial score (nSPS) is 11.2. The van der Waals surface area contributed by atoms with Crippen LogP contribution in [0.5, 0.6) is 0 Å². The number of carbonyl (C=O) groups excluding carboxylic acids is 2. The van der Waals surface area contributed by atoms with E-state index in [9.17, 15) is 14.4 Å². The van der Waals surface area contributed by atoms with Gasteiger partial charge in [-0.15, -0.1) is 16.4 Å². The molecule has 0 bridgehead atoms. The van der Waals surface area contributed by atoms with Crippen LogP contribution in [0.4, 0.5) is 5.69 Å². The number of ether oxygens (including phenoxy) is 1. The monoisotopic (exact) mass is 425 g/mol. The van der Waals surface area contributed by atoms with Gasteiger partial charge in [0, 0.05) is 4.88 Å². The number of benzene rings is 1. The lowest BCUT2D eigenvalue weighted by Crippen LogP contribution is -2.28. The fourth-order valence-corrected chi connectivity index (χ4v) is 4.17. The molecule has 10 heteroatoms. The van der Waals surface area contributed by atoms with Crippen LogP contribution in [-0.2, 0) is 16.1 Å². The van der Waals surface area contributed by atoms with Gasteiger partial charge in [-0.3, -0.25) is 4.79 Å². The van der Waals surface area contributed by atoms with E-state index in [0.29, 0.717) is 11.3 Å². The Morgan fingerprint density at radius 1 is 1.23 bits per heavy atom. The van der Waals surface area contributed by atoms with E-state index >= 15 is 0 Å². The lowest BCUT2D eigenvalue weighted by Gasteiger charge is -2.10. The van der Waals surface area contributed by atoms with Crippen LogP contribution in [-0.4, -0.2) is 37.6 Å². The summed E-state index contributed by atoms with van der Waals surface area (Å²) >= 11 is 1.53. The van der Waals surface area contributed by atoms with Gasteiger partial charge in [-0.2, -0.15) is 0 Å². The fraction of sp³-hybridized carbons (Fsp3) is 0.250. The minimum absolute atomic E-state index is 0.224. The van der Waals surface area contributed by atoms with Gasteiger partial charge in [0.2, 0.25) is 5.91 Å². The van der Waals surface area contributed by atoms with Crippen LogP contribution in [0, 0.1) is 13.8 Å². The van der Waals surface area contributed by atoms with E-state index in [1.165, 1.54) is 22.1 Å². The van der Waals surface area contributed by atoms with Gasteiger partial charge in [-0.1, -0.05) is 12.1 Å². The van der Waals surface area contributed by atoms with Gasteiger partial charge in [0.15, 0.2) is 5.65 Å². The number of aromatic nitrogens is 4. The van der Waals surface area contributed by atoms with Crippen molar-refractivity contribution in [3.05, 3.63) is 57.1 Å². The quantitative estimate of drug-likeness (QED) is 0.493. The summed E-state index contributed by atoms with van der Waals surface area (Å²) in [5.41, 5.74) is 1.57. The molecule has 0 saturated heterocycles. The minimum Gasteiger partial charge on any atom is -0.462 e. The highest BCUT2D eigenvalue weighted by atomic mass is 32.1. The summed E-state index contributed by atoms with van der Waals surface area (Å²) in [6, 6.07) is 6.54. The third-order valence-corrected chi connectivity index (χ3v) is 5.86. The molecule has 0 radical (unpaired) electrons. The van der Waals surface area contributed by atoms with E-state index in [1.807, 2.05) is 13.8 Å². The zero-order chi connectivity index (χ0) is 21.4. The Labute approximate surface area is 174 Å². The summed E-state index contributed by atoms with van der Waals surface area (Å²) in [5.74, 6) is -1.02. The molecular formula is C20H19N5O4S. The van der Waals surface area contributed by atoms with Crippen molar-refractivity contribution in [3.8, 4) is 0 Å². The summed E-state index contributed by atoms with van der Waals surface area (Å²) in [4.78, 5) is 43.6. The third-order valence-electron chi connectivity index (χ3n) is 4.74. The third kappa shape index (κ3) is 3.35. The number of fused-ring (bicyclic) bond motifs is 3. The molecule has 0 aliphatic carbocycles. The highest BCUT2D eigenvalue weighted by molar-refractivity contribution is 7.18. The number of anilines is 1. The summed E-state index contributed by atoms with van der Waals surface area (Å²) in [6.07, 6.45) is 1.42. The number of rotatable bonds is 5. The van der Waals surface area contributed by atoms with Crippen LogP contribution < -0.4 is 11.0 Å². The summed E-state index contributed by atoms with van der Waals surface area (Å²) in [6.45, 7) is 5.57. The Morgan fingerprint density at radius 3 is 2.77 bits per heavy atom. The number of nitrogens with zero attached hydrogens (tertiary/aromatic N) is 4. The molecule has 0 fully saturated rings. The van der Waals surface area contributed by atoms with Crippen LogP contribution in [0.2, 0.25) is 0 Å². The molecule has 4 rings (SSSR count). The smallest absolute Gasteiger partial charge is 0.352 e. The number of carbonyl (C=O) groups is 2. The van der Waals surface area contributed by atoms with E-state index in [4.69, 9.17) is 4.74 Å². The van der Waals surface area contributed by atoms with Gasteiger partial charge in [0.25, 0.3) is 0 Å². The van der Waals surface area contributed by atoms with Crippen molar-refractivity contribution in [1.82, 2.24) is 19.2 Å². The molecular weight excluding hydrogens is 406 g/mol. The van der Waals surface area contributed by atoms with Crippen molar-refractivity contribution < 1.29 is 14.3 Å². The molecule has 3 heterocycles. The average molecular weight is 425 g/mol. The molecule has 0 atom stereocenters. The van der Waals surface area contributed by atoms with E-state index in [0.717, 1.165) is 25.3 Å². The number of hydrogen-bond donors (Lipinski definition) is 1. The predicted molar refractivity (Wildman–Crippen MR) is 113 cm³/mol. The molecule has 0 aliphatic heterocycles. The fourth-order valence-electron chi connectivity index (χ4n) is 3.18. The maximum absolute atomic E-state index is 12.7. The maximum atomic E-state index is 12.7. The largest absolute Gasteiger partial charge is 0.462 e. The highest BCUT2D eigenvalue weighted by Gasteiger charge is 2.18. The zero-order valence-electron chi connectivity index (χ0n) is 16.6. The van der Waals surface area contributed by atoms with E-state index in [-0.39, 0.29) is 18.7 Å². The molecule has 1 N–H and O–H groups in total. The van der Waals surface area contributed by atoms with Crippen LogP contribution in [0.15, 0.2) is 35.4 Å². The van der Waals surface area contributed by atoms with E-state index < -0.39 is 17.6 Å². The van der Waals surface area contributed by atoms with Gasteiger partial charge in [0.05, 0.1) is 23.2 Å². The second-order valence-electron chi connectivity index (χ2n) is 6.66. The number of para-hydroxylation sites is 1. The van der Waals surface area contributed by atoms with Crippen molar-refractivity contribution >= 4 is 44.8 Å². The first-order valence-corrected chi connectivity index (χ1v) is 10.1. The lowest BCUT2D eigenvalue weighted by atomic mass is 10.2. The molecule has 154 valence electrons. The summed E-state index contributed by atoms with van der Waals surface area (Å²) in [7, 11) is 0. The van der Waals surface area contributed by atoms with Crippen LogP contribution >= 0.6 is 11.3 Å². The number of aryl methyl sites for hydroxylation is 2. The van der Waals surface area contributed by atoms with Crippen LogP contribution in [0.3, 0.4) is 0 Å². The van der Waals surface area contributed by atoms with Gasteiger partial charge >= 0.3 is 11.7 Å². The number of hydrogen-bond acceptors (Lipinski definition) is 7. The maximum Gasteiger partial charge on any atom is 0.352 e. The number of amides is 1. The Balaban J connectivity index is 1.65. The molecule has 1 amide bonds. The second-order valence-corrected chi connectivity index (χ2v) is 7.86. The lowest BCUT2D eigenvalue weighted by molar-refractivity contribution is -0.117. The minimum atomic E-state index is -0.532. The molecule has 1 aromatic carbocycles. The van der Waals surface area contributed by atoms with E-state index in [2.05, 4.69) is 15.4 Å². The first kappa shape index (κ1) is 19.8. The van der Waals surface area contributed by atoms with E-state index in [1.54, 1.807) is 31.2 Å². The van der Waals surface area contributed by atoms with Crippen molar-refractivity contribution in [2.75, 3.05) is 11.9 Å². The zero-order valence-corrected chi connectivity index (χ0v) is 17.4. The first-order valence-electron chi connectivity index (χ1n) is 9.30. The van der Waals surface area contributed by atoms with Crippen molar-refractivity contribution in [1.29, 1.82) is 0 Å². The van der Waals surface area contributed by atoms with Gasteiger partial charge in [-0.25, -0.2) is 23.7 Å². The number of nitrogens with one attached hydrogen (secondary N) is 1. The van der Waals surface area contributed by atoms with Crippen LogP contribution in [0.1, 0.15) is 27.7 Å².